The normalized spacial score (nSPS) is 14.9. The number of benzene rings is 2. The third kappa shape index (κ3) is 2.98. The molecule has 4 rings (SSSR count). The molecule has 148 valence electrons. The summed E-state index contributed by atoms with van der Waals surface area (Å²) in [7, 11) is -4.02. The van der Waals surface area contributed by atoms with Crippen molar-refractivity contribution in [1.29, 1.82) is 0 Å². The highest BCUT2D eigenvalue weighted by atomic mass is 32.2. The number of sulfonamides is 1. The summed E-state index contributed by atoms with van der Waals surface area (Å²) in [5.41, 5.74) is 4.12. The molecule has 0 N–H and O–H groups in total. The highest BCUT2D eigenvalue weighted by molar-refractivity contribution is 7.90. The molecule has 1 aromatic heterocycles. The molecule has 0 fully saturated rings. The van der Waals surface area contributed by atoms with Crippen molar-refractivity contribution in [2.75, 3.05) is 6.54 Å². The van der Waals surface area contributed by atoms with E-state index in [1.165, 1.54) is 12.1 Å². The van der Waals surface area contributed by atoms with Gasteiger partial charge in [0, 0.05) is 22.6 Å². The number of hydrogen-bond donors (Lipinski definition) is 0. The van der Waals surface area contributed by atoms with Crippen molar-refractivity contribution in [3.63, 3.8) is 0 Å². The summed E-state index contributed by atoms with van der Waals surface area (Å²) >= 11 is 0. The molecule has 2 heterocycles. The molecule has 1 aliphatic heterocycles. The maximum atomic E-state index is 13.0. The molecule has 0 radical (unpaired) electrons. The van der Waals surface area contributed by atoms with Crippen LogP contribution >= 0.6 is 0 Å². The average Bonchev–Trinajstić information content (AvgIpc) is 3.09. The summed E-state index contributed by atoms with van der Waals surface area (Å²) in [6.45, 7) is 5.18. The second-order valence-corrected chi connectivity index (χ2v) is 9.02. The van der Waals surface area contributed by atoms with Gasteiger partial charge in [0.1, 0.15) is 11.4 Å². The maximum Gasteiger partial charge on any atom is 0.269 e. The number of hydrogen-bond acceptors (Lipinski definition) is 4. The van der Waals surface area contributed by atoms with E-state index in [2.05, 4.69) is 0 Å². The second-order valence-electron chi connectivity index (χ2n) is 7.19. The number of rotatable bonds is 4. The van der Waals surface area contributed by atoms with Crippen LogP contribution in [0.15, 0.2) is 59.5 Å². The monoisotopic (exact) mass is 408 g/mol. The van der Waals surface area contributed by atoms with Crippen LogP contribution in [0.1, 0.15) is 37.7 Å². The van der Waals surface area contributed by atoms with Gasteiger partial charge in [-0.2, -0.15) is 0 Å². The molecule has 0 unspecified atom stereocenters. The lowest BCUT2D eigenvalue weighted by Gasteiger charge is -2.14. The fraction of sp³-hybridized carbons (Fsp3) is 0.182. The van der Waals surface area contributed by atoms with Gasteiger partial charge in [0.05, 0.1) is 5.56 Å². The molecule has 0 saturated carbocycles. The predicted molar refractivity (Wildman–Crippen MR) is 109 cm³/mol. The van der Waals surface area contributed by atoms with Gasteiger partial charge in [-0.1, -0.05) is 29.8 Å². The first-order valence-electron chi connectivity index (χ1n) is 9.17. The van der Waals surface area contributed by atoms with E-state index in [-0.39, 0.29) is 10.5 Å². The number of carbonyl (C=O) groups excluding carboxylic acids is 2. The summed E-state index contributed by atoms with van der Waals surface area (Å²) in [6, 6.07) is 15.7. The minimum atomic E-state index is -4.02. The van der Waals surface area contributed by atoms with Gasteiger partial charge in [-0.3, -0.25) is 9.59 Å². The van der Waals surface area contributed by atoms with Crippen LogP contribution < -0.4 is 0 Å². The average molecular weight is 408 g/mol. The lowest BCUT2D eigenvalue weighted by Crippen LogP contribution is -2.35. The molecule has 0 aliphatic carbocycles. The molecule has 2 aromatic carbocycles. The Morgan fingerprint density at radius 3 is 2.28 bits per heavy atom. The molecule has 29 heavy (non-hydrogen) atoms. The van der Waals surface area contributed by atoms with Crippen LogP contribution in [0.4, 0.5) is 0 Å². The molecule has 0 bridgehead atoms. The Morgan fingerprint density at radius 2 is 1.62 bits per heavy atom. The van der Waals surface area contributed by atoms with E-state index in [4.69, 9.17) is 0 Å². The number of ketones is 1. The van der Waals surface area contributed by atoms with Crippen molar-refractivity contribution in [1.82, 2.24) is 8.87 Å². The first-order valence-corrected chi connectivity index (χ1v) is 10.6. The topological polar surface area (TPSA) is 76.5 Å². The molecule has 0 spiro atoms. The number of nitrogens with zero attached hydrogens (tertiary/aromatic N) is 2. The van der Waals surface area contributed by atoms with Gasteiger partial charge in [-0.15, -0.1) is 0 Å². The molecule has 1 amide bonds. The summed E-state index contributed by atoms with van der Waals surface area (Å²) < 4.78 is 28.0. The Labute approximate surface area is 169 Å². The number of fused-ring (bicyclic) bond motifs is 1. The van der Waals surface area contributed by atoms with E-state index in [0.29, 0.717) is 15.6 Å². The fourth-order valence-corrected chi connectivity index (χ4v) is 5.26. The zero-order valence-corrected chi connectivity index (χ0v) is 17.2. The van der Waals surface area contributed by atoms with E-state index >= 15 is 0 Å². The maximum absolute atomic E-state index is 13.0. The van der Waals surface area contributed by atoms with Crippen molar-refractivity contribution in [2.45, 2.75) is 25.7 Å². The summed E-state index contributed by atoms with van der Waals surface area (Å²) in [5, 5.41) is 0. The number of aromatic nitrogens is 1. The van der Waals surface area contributed by atoms with Gasteiger partial charge < -0.3 is 4.57 Å². The van der Waals surface area contributed by atoms with Gasteiger partial charge in [-0.05, 0) is 51.1 Å². The van der Waals surface area contributed by atoms with Gasteiger partial charge >= 0.3 is 0 Å². The van der Waals surface area contributed by atoms with E-state index in [9.17, 15) is 18.0 Å². The summed E-state index contributed by atoms with van der Waals surface area (Å²) in [5.74, 6) is -1.08. The minimum Gasteiger partial charge on any atom is -0.318 e. The zero-order chi connectivity index (χ0) is 20.9. The van der Waals surface area contributed by atoms with Crippen molar-refractivity contribution in [3.8, 4) is 5.69 Å². The standard InChI is InChI=1S/C22H20N2O4S/c1-14-8-10-17(11-9-14)24-15(2)12-19(16(24)3)20(25)13-23-22(26)18-6-4-5-7-21(18)29(23,27)28/h4-12H,13H2,1-3H3. The fourth-order valence-electron chi connectivity index (χ4n) is 3.74. The van der Waals surface area contributed by atoms with E-state index in [1.807, 2.05) is 49.6 Å². The third-order valence-corrected chi connectivity index (χ3v) is 7.01. The van der Waals surface area contributed by atoms with Crippen LogP contribution in [0.2, 0.25) is 0 Å². The lowest BCUT2D eigenvalue weighted by atomic mass is 10.1. The summed E-state index contributed by atoms with van der Waals surface area (Å²) in [4.78, 5) is 25.5. The molecule has 0 atom stereocenters. The lowest BCUT2D eigenvalue weighted by molar-refractivity contribution is 0.0820. The molecule has 0 saturated heterocycles. The van der Waals surface area contributed by atoms with Crippen LogP contribution in [-0.2, 0) is 10.0 Å². The predicted octanol–water partition coefficient (Wildman–Crippen LogP) is 3.43. The largest absolute Gasteiger partial charge is 0.318 e. The van der Waals surface area contributed by atoms with Crippen LogP contribution in [-0.4, -0.2) is 35.5 Å². The molecule has 3 aromatic rings. The number of amides is 1. The smallest absolute Gasteiger partial charge is 0.269 e. The van der Waals surface area contributed by atoms with Crippen LogP contribution in [0.3, 0.4) is 0 Å². The van der Waals surface area contributed by atoms with Gasteiger partial charge in [0.2, 0.25) is 0 Å². The Morgan fingerprint density at radius 1 is 0.966 bits per heavy atom. The quantitative estimate of drug-likeness (QED) is 0.620. The Hall–Kier alpha value is -3.19. The molecular weight excluding hydrogens is 388 g/mol. The van der Waals surface area contributed by atoms with Crippen molar-refractivity contribution in [3.05, 3.63) is 82.7 Å². The van der Waals surface area contributed by atoms with Crippen LogP contribution in [0.5, 0.6) is 0 Å². The Bertz CT molecular complexity index is 1250. The first-order chi connectivity index (χ1) is 13.7. The van der Waals surface area contributed by atoms with Crippen molar-refractivity contribution in [2.24, 2.45) is 0 Å². The highest BCUT2D eigenvalue weighted by Gasteiger charge is 2.42. The minimum absolute atomic E-state index is 0.0528. The number of Topliss-reactive ketones (excluding diaryl/α,β-unsaturated/α-hetero) is 1. The van der Waals surface area contributed by atoms with Crippen molar-refractivity contribution >= 4 is 21.7 Å². The number of aryl methyl sites for hydroxylation is 2. The number of carbonyl (C=O) groups is 2. The molecule has 7 heteroatoms. The second kappa shape index (κ2) is 6.70. The van der Waals surface area contributed by atoms with Crippen molar-refractivity contribution < 1.29 is 18.0 Å². The van der Waals surface area contributed by atoms with Crippen LogP contribution in [0, 0.1) is 20.8 Å². The van der Waals surface area contributed by atoms with E-state index in [1.54, 1.807) is 18.2 Å². The van der Waals surface area contributed by atoms with Crippen LogP contribution in [0.25, 0.3) is 5.69 Å². The van der Waals surface area contributed by atoms with Gasteiger partial charge in [0.25, 0.3) is 15.9 Å². The molecule has 1 aliphatic rings. The Balaban J connectivity index is 1.68. The Kier molecular flexibility index (Phi) is 4.42. The summed E-state index contributed by atoms with van der Waals surface area (Å²) in [6.07, 6.45) is 0. The first kappa shape index (κ1) is 19.1. The SMILES string of the molecule is Cc1ccc(-n2c(C)cc(C(=O)CN3C(=O)c4ccccc4S3(=O)=O)c2C)cc1. The van der Waals surface area contributed by atoms with Gasteiger partial charge in [0.15, 0.2) is 5.78 Å². The van der Waals surface area contributed by atoms with Gasteiger partial charge in [-0.25, -0.2) is 12.7 Å². The molecular formula is C22H20N2O4S. The van der Waals surface area contributed by atoms with E-state index in [0.717, 1.165) is 16.9 Å². The third-order valence-electron chi connectivity index (χ3n) is 5.22. The molecule has 6 nitrogen and oxygen atoms in total. The van der Waals surface area contributed by atoms with E-state index < -0.39 is 28.3 Å². The zero-order valence-electron chi connectivity index (χ0n) is 16.3. The highest BCUT2D eigenvalue weighted by Crippen LogP contribution is 2.30.